The fourth-order valence-electron chi connectivity index (χ4n) is 5.91. The van der Waals surface area contributed by atoms with Crippen LogP contribution in [0.15, 0.2) is 0 Å². The first-order valence-corrected chi connectivity index (χ1v) is 6.17. The lowest BCUT2D eigenvalue weighted by molar-refractivity contribution is -0.140. The summed E-state index contributed by atoms with van der Waals surface area (Å²) in [6, 6.07) is 0. The maximum absolute atomic E-state index is 6.05. The zero-order chi connectivity index (χ0) is 10.0. The molecule has 2 unspecified atom stereocenters. The Morgan fingerprint density at radius 2 is 1.57 bits per heavy atom. The van der Waals surface area contributed by atoms with Crippen LogP contribution in [0.2, 0.25) is 0 Å². The molecule has 0 aromatic rings. The fourth-order valence-corrected chi connectivity index (χ4v) is 5.91. The van der Waals surface area contributed by atoms with Gasteiger partial charge in [-0.1, -0.05) is 13.8 Å². The van der Waals surface area contributed by atoms with Gasteiger partial charge in [0.15, 0.2) is 0 Å². The molecule has 0 heterocycles. The molecular weight excluding hydrogens is 170 g/mol. The van der Waals surface area contributed by atoms with Crippen LogP contribution in [0.1, 0.15) is 52.4 Å². The summed E-state index contributed by atoms with van der Waals surface area (Å²) in [4.78, 5) is 0. The summed E-state index contributed by atoms with van der Waals surface area (Å²) < 4.78 is 0. The van der Waals surface area contributed by atoms with E-state index >= 15 is 0 Å². The van der Waals surface area contributed by atoms with Gasteiger partial charge >= 0.3 is 0 Å². The smallest absolute Gasteiger partial charge is 0.00200 e. The maximum Gasteiger partial charge on any atom is -0.00200 e. The fraction of sp³-hybridized carbons (Fsp3) is 1.00. The molecule has 2 N–H and O–H groups in total. The van der Waals surface area contributed by atoms with E-state index in [1.54, 1.807) is 0 Å². The minimum Gasteiger partial charge on any atom is -0.330 e. The highest BCUT2D eigenvalue weighted by molar-refractivity contribution is 5.10. The molecule has 0 radical (unpaired) electrons. The van der Waals surface area contributed by atoms with Gasteiger partial charge in [0.1, 0.15) is 0 Å². The summed E-state index contributed by atoms with van der Waals surface area (Å²) in [7, 11) is 0. The molecule has 80 valence electrons. The summed E-state index contributed by atoms with van der Waals surface area (Å²) >= 11 is 0. The lowest BCUT2D eigenvalue weighted by atomic mass is 9.40. The second-order valence-corrected chi connectivity index (χ2v) is 7.33. The molecule has 4 aliphatic carbocycles. The molecule has 4 fully saturated rings. The molecule has 14 heavy (non-hydrogen) atoms. The maximum atomic E-state index is 6.05. The van der Waals surface area contributed by atoms with E-state index < -0.39 is 0 Å². The molecule has 0 saturated heterocycles. The van der Waals surface area contributed by atoms with Gasteiger partial charge < -0.3 is 5.73 Å². The Bertz CT molecular complexity index is 252. The lowest BCUT2D eigenvalue weighted by Gasteiger charge is -2.65. The van der Waals surface area contributed by atoms with Crippen LogP contribution in [0.25, 0.3) is 0 Å². The minimum absolute atomic E-state index is 0.545. The molecule has 4 aliphatic rings. The highest BCUT2D eigenvalue weighted by Crippen LogP contribution is 2.69. The lowest BCUT2D eigenvalue weighted by Crippen LogP contribution is -2.57. The summed E-state index contributed by atoms with van der Waals surface area (Å²) in [5, 5.41) is 0. The van der Waals surface area contributed by atoms with Gasteiger partial charge in [-0.05, 0) is 67.2 Å². The molecule has 4 saturated carbocycles. The van der Waals surface area contributed by atoms with Crippen molar-refractivity contribution in [1.29, 1.82) is 0 Å². The van der Waals surface area contributed by atoms with E-state index in [4.69, 9.17) is 5.73 Å². The highest BCUT2D eigenvalue weighted by atomic mass is 14.7. The molecule has 4 bridgehead atoms. The molecule has 0 aromatic heterocycles. The highest BCUT2D eigenvalue weighted by Gasteiger charge is 2.59. The molecule has 4 rings (SSSR count). The van der Waals surface area contributed by atoms with Crippen molar-refractivity contribution in [3.8, 4) is 0 Å². The topological polar surface area (TPSA) is 26.0 Å². The Morgan fingerprint density at radius 3 is 2.00 bits per heavy atom. The Morgan fingerprint density at radius 1 is 1.00 bits per heavy atom. The van der Waals surface area contributed by atoms with Gasteiger partial charge in [0.05, 0.1) is 0 Å². The van der Waals surface area contributed by atoms with Crippen molar-refractivity contribution in [2.45, 2.75) is 52.4 Å². The average molecular weight is 193 g/mol. The second-order valence-electron chi connectivity index (χ2n) is 7.33. The molecule has 1 nitrogen and oxygen atoms in total. The van der Waals surface area contributed by atoms with Crippen molar-refractivity contribution >= 4 is 0 Å². The van der Waals surface area contributed by atoms with Gasteiger partial charge in [-0.2, -0.15) is 0 Å². The first-order chi connectivity index (χ1) is 6.47. The zero-order valence-electron chi connectivity index (χ0n) is 9.60. The van der Waals surface area contributed by atoms with Crippen molar-refractivity contribution in [2.24, 2.45) is 27.9 Å². The van der Waals surface area contributed by atoms with Crippen molar-refractivity contribution in [3.63, 3.8) is 0 Å². The second kappa shape index (κ2) is 2.37. The first-order valence-electron chi connectivity index (χ1n) is 6.17. The quantitative estimate of drug-likeness (QED) is 0.681. The number of nitrogens with two attached hydrogens (primary N) is 1. The normalized spacial score (nSPS) is 60.6. The van der Waals surface area contributed by atoms with E-state index in [0.29, 0.717) is 16.2 Å². The van der Waals surface area contributed by atoms with Gasteiger partial charge in [0.2, 0.25) is 0 Å². The first kappa shape index (κ1) is 9.21. The van der Waals surface area contributed by atoms with Crippen LogP contribution in [0.3, 0.4) is 0 Å². The largest absolute Gasteiger partial charge is 0.330 e. The molecule has 0 amide bonds. The van der Waals surface area contributed by atoms with E-state index in [-0.39, 0.29) is 0 Å². The van der Waals surface area contributed by atoms with Crippen molar-refractivity contribution in [1.82, 2.24) is 0 Å². The van der Waals surface area contributed by atoms with Gasteiger partial charge in [-0.25, -0.2) is 0 Å². The number of hydrogen-bond acceptors (Lipinski definition) is 1. The summed E-state index contributed by atoms with van der Waals surface area (Å²) in [6.07, 6.45) is 8.73. The van der Waals surface area contributed by atoms with E-state index in [0.717, 1.165) is 12.5 Å². The van der Waals surface area contributed by atoms with E-state index in [2.05, 4.69) is 13.8 Å². The predicted molar refractivity (Wildman–Crippen MR) is 58.9 cm³/mol. The van der Waals surface area contributed by atoms with Crippen molar-refractivity contribution in [2.75, 3.05) is 6.54 Å². The third kappa shape index (κ3) is 1.11. The summed E-state index contributed by atoms with van der Waals surface area (Å²) in [5.41, 5.74) is 7.88. The molecule has 0 aliphatic heterocycles. The van der Waals surface area contributed by atoms with Crippen LogP contribution in [0, 0.1) is 22.2 Å². The van der Waals surface area contributed by atoms with E-state index in [9.17, 15) is 0 Å². The van der Waals surface area contributed by atoms with E-state index in [1.807, 2.05) is 0 Å². The molecule has 1 heteroatoms. The Balaban J connectivity index is 2.01. The Hall–Kier alpha value is -0.0400. The molecule has 0 spiro atoms. The molecule has 4 atom stereocenters. The van der Waals surface area contributed by atoms with Crippen LogP contribution < -0.4 is 5.73 Å². The van der Waals surface area contributed by atoms with Crippen molar-refractivity contribution < 1.29 is 0 Å². The monoisotopic (exact) mass is 193 g/mol. The Labute approximate surface area is 87.4 Å². The van der Waals surface area contributed by atoms with Crippen LogP contribution in [0.4, 0.5) is 0 Å². The third-order valence-electron chi connectivity index (χ3n) is 5.17. The standard InChI is InChI=1S/C13H23N/c1-11-3-10-4-12(2,6-11)8-13(5-10,7-11)9-14/h10H,3-9,14H2,1-2H3/t10?,11-,12+,13?. The van der Waals surface area contributed by atoms with Gasteiger partial charge in [0.25, 0.3) is 0 Å². The van der Waals surface area contributed by atoms with Crippen LogP contribution >= 0.6 is 0 Å². The van der Waals surface area contributed by atoms with Gasteiger partial charge in [0, 0.05) is 0 Å². The zero-order valence-corrected chi connectivity index (χ0v) is 9.60. The van der Waals surface area contributed by atoms with Gasteiger partial charge in [-0.3, -0.25) is 0 Å². The van der Waals surface area contributed by atoms with Crippen LogP contribution in [-0.2, 0) is 0 Å². The average Bonchev–Trinajstić information content (AvgIpc) is 1.97. The summed E-state index contributed by atoms with van der Waals surface area (Å²) in [6.45, 7) is 5.97. The third-order valence-corrected chi connectivity index (χ3v) is 5.17. The molecule has 0 aromatic carbocycles. The summed E-state index contributed by atoms with van der Waals surface area (Å²) in [5.74, 6) is 1.00. The number of hydrogen-bond donors (Lipinski definition) is 1. The van der Waals surface area contributed by atoms with Gasteiger partial charge in [-0.15, -0.1) is 0 Å². The predicted octanol–water partition coefficient (Wildman–Crippen LogP) is 2.94. The Kier molecular flexibility index (Phi) is 1.56. The minimum atomic E-state index is 0.545. The number of rotatable bonds is 1. The molecular formula is C13H23N. The van der Waals surface area contributed by atoms with Crippen molar-refractivity contribution in [3.05, 3.63) is 0 Å². The van der Waals surface area contributed by atoms with E-state index in [1.165, 1.54) is 38.5 Å². The van der Waals surface area contributed by atoms with Crippen LogP contribution in [-0.4, -0.2) is 6.54 Å². The van der Waals surface area contributed by atoms with Crippen LogP contribution in [0.5, 0.6) is 0 Å². The SMILES string of the molecule is C[C@]12CC3CC(CN)(C1)C[C@@](C)(C3)C2.